The van der Waals surface area contributed by atoms with Crippen molar-refractivity contribution in [3.63, 3.8) is 0 Å². The number of carbonyl (C=O) groups excluding carboxylic acids is 1. The maximum Gasteiger partial charge on any atom is 0.289 e. The molecule has 0 aliphatic carbocycles. The van der Waals surface area contributed by atoms with Crippen molar-refractivity contribution in [3.8, 4) is 5.75 Å². The Morgan fingerprint density at radius 1 is 1.40 bits per heavy atom. The molecule has 0 radical (unpaired) electrons. The van der Waals surface area contributed by atoms with E-state index in [1.165, 1.54) is 10.9 Å². The average Bonchev–Trinajstić information content (AvgIpc) is 3.35. The first-order chi connectivity index (χ1) is 12.2. The molecule has 0 saturated carbocycles. The van der Waals surface area contributed by atoms with Crippen molar-refractivity contribution >= 4 is 16.8 Å². The van der Waals surface area contributed by atoms with Gasteiger partial charge in [-0.25, -0.2) is 0 Å². The lowest BCUT2D eigenvalue weighted by molar-refractivity contribution is 0.0704. The molecule has 1 aliphatic heterocycles. The summed E-state index contributed by atoms with van der Waals surface area (Å²) in [6.07, 6.45) is 4.43. The monoisotopic (exact) mass is 338 g/mol. The first-order valence-corrected chi connectivity index (χ1v) is 8.67. The fourth-order valence-corrected chi connectivity index (χ4v) is 3.84. The molecule has 1 aliphatic rings. The third-order valence-corrected chi connectivity index (χ3v) is 5.14. The molecular weight excluding hydrogens is 316 g/mol. The second-order valence-electron chi connectivity index (χ2n) is 6.62. The number of aryl methyl sites for hydroxylation is 1. The van der Waals surface area contributed by atoms with Gasteiger partial charge in [0.15, 0.2) is 5.76 Å². The van der Waals surface area contributed by atoms with E-state index in [1.807, 2.05) is 17.0 Å². The molecule has 4 rings (SSSR count). The van der Waals surface area contributed by atoms with Crippen LogP contribution in [0.2, 0.25) is 0 Å². The van der Waals surface area contributed by atoms with Gasteiger partial charge in [0.2, 0.25) is 0 Å². The van der Waals surface area contributed by atoms with E-state index in [1.54, 1.807) is 25.5 Å². The summed E-state index contributed by atoms with van der Waals surface area (Å²) in [7, 11) is 1.68. The number of amides is 1. The van der Waals surface area contributed by atoms with Gasteiger partial charge in [0.05, 0.1) is 13.4 Å². The summed E-state index contributed by atoms with van der Waals surface area (Å²) in [6, 6.07) is 9.77. The largest absolute Gasteiger partial charge is 0.497 e. The number of carbonyl (C=O) groups is 1. The molecule has 5 nitrogen and oxygen atoms in total. The number of hydrogen-bond donors (Lipinski definition) is 1. The van der Waals surface area contributed by atoms with E-state index >= 15 is 0 Å². The van der Waals surface area contributed by atoms with E-state index < -0.39 is 0 Å². The summed E-state index contributed by atoms with van der Waals surface area (Å²) >= 11 is 0. The Labute approximate surface area is 146 Å². The molecule has 1 amide bonds. The van der Waals surface area contributed by atoms with E-state index in [0.29, 0.717) is 5.76 Å². The fraction of sp³-hybridized carbons (Fsp3) is 0.350. The molecule has 3 aromatic rings. The van der Waals surface area contributed by atoms with Crippen LogP contribution >= 0.6 is 0 Å². The van der Waals surface area contributed by atoms with Gasteiger partial charge in [0.25, 0.3) is 5.91 Å². The molecule has 3 heterocycles. The molecule has 1 N–H and O–H groups in total. The third-order valence-electron chi connectivity index (χ3n) is 5.14. The lowest BCUT2D eigenvalue weighted by Gasteiger charge is -2.24. The van der Waals surface area contributed by atoms with Crippen LogP contribution in [0.4, 0.5) is 0 Å². The molecule has 0 spiro atoms. The molecule has 1 fully saturated rings. The minimum atomic E-state index is -0.0115. The van der Waals surface area contributed by atoms with Gasteiger partial charge in [0, 0.05) is 29.2 Å². The van der Waals surface area contributed by atoms with Crippen LogP contribution in [0.3, 0.4) is 0 Å². The number of H-pyrrole nitrogens is 1. The van der Waals surface area contributed by atoms with E-state index in [2.05, 4.69) is 18.0 Å². The highest BCUT2D eigenvalue weighted by Crippen LogP contribution is 2.31. The molecule has 1 saturated heterocycles. The number of methoxy groups -OCH3 is 1. The van der Waals surface area contributed by atoms with Crippen LogP contribution in [0.15, 0.2) is 41.0 Å². The Balaban J connectivity index is 1.64. The number of nitrogens with one attached hydrogen (secondary N) is 1. The topological polar surface area (TPSA) is 58.5 Å². The number of ether oxygens (including phenoxy) is 1. The van der Waals surface area contributed by atoms with Gasteiger partial charge < -0.3 is 19.0 Å². The maximum atomic E-state index is 12.7. The Morgan fingerprint density at radius 3 is 3.04 bits per heavy atom. The van der Waals surface area contributed by atoms with Gasteiger partial charge in [-0.1, -0.05) is 0 Å². The van der Waals surface area contributed by atoms with E-state index in [-0.39, 0.29) is 11.9 Å². The van der Waals surface area contributed by atoms with Gasteiger partial charge in [-0.15, -0.1) is 0 Å². The summed E-state index contributed by atoms with van der Waals surface area (Å²) in [5.74, 6) is 1.26. The van der Waals surface area contributed by atoms with Gasteiger partial charge >= 0.3 is 0 Å². The van der Waals surface area contributed by atoms with Crippen LogP contribution in [-0.2, 0) is 6.42 Å². The second kappa shape index (κ2) is 6.31. The first-order valence-electron chi connectivity index (χ1n) is 8.67. The van der Waals surface area contributed by atoms with Crippen LogP contribution in [0, 0.1) is 6.92 Å². The summed E-state index contributed by atoms with van der Waals surface area (Å²) in [6.45, 7) is 2.88. The Morgan fingerprint density at radius 2 is 2.28 bits per heavy atom. The molecule has 0 bridgehead atoms. The van der Waals surface area contributed by atoms with E-state index in [4.69, 9.17) is 9.15 Å². The number of hydrogen-bond acceptors (Lipinski definition) is 3. The highest BCUT2D eigenvalue weighted by molar-refractivity contribution is 5.92. The zero-order valence-electron chi connectivity index (χ0n) is 14.5. The Hall–Kier alpha value is -2.69. The minimum absolute atomic E-state index is 0.0115. The molecule has 2 aromatic heterocycles. The minimum Gasteiger partial charge on any atom is -0.497 e. The van der Waals surface area contributed by atoms with Crippen molar-refractivity contribution in [2.45, 2.75) is 32.2 Å². The zero-order chi connectivity index (χ0) is 17.4. The van der Waals surface area contributed by atoms with E-state index in [0.717, 1.165) is 42.8 Å². The molecule has 1 unspecified atom stereocenters. The van der Waals surface area contributed by atoms with Crippen molar-refractivity contribution in [2.24, 2.45) is 0 Å². The first kappa shape index (κ1) is 15.8. The number of benzene rings is 1. The summed E-state index contributed by atoms with van der Waals surface area (Å²) in [5.41, 5.74) is 3.52. The highest BCUT2D eigenvalue weighted by atomic mass is 16.5. The van der Waals surface area contributed by atoms with Gasteiger partial charge in [-0.05, 0) is 62.1 Å². The smallest absolute Gasteiger partial charge is 0.289 e. The van der Waals surface area contributed by atoms with Crippen LogP contribution in [-0.4, -0.2) is 35.5 Å². The van der Waals surface area contributed by atoms with Crippen LogP contribution in [0.5, 0.6) is 5.75 Å². The molecular formula is C20H22N2O3. The van der Waals surface area contributed by atoms with Gasteiger partial charge in [-0.2, -0.15) is 0 Å². The van der Waals surface area contributed by atoms with Crippen molar-refractivity contribution in [2.75, 3.05) is 13.7 Å². The Kier molecular flexibility index (Phi) is 3.99. The van der Waals surface area contributed by atoms with Crippen molar-refractivity contribution in [1.29, 1.82) is 0 Å². The number of fused-ring (bicyclic) bond motifs is 1. The van der Waals surface area contributed by atoms with Gasteiger partial charge in [-0.3, -0.25) is 4.79 Å². The number of aromatic nitrogens is 1. The summed E-state index contributed by atoms with van der Waals surface area (Å²) in [4.78, 5) is 18.1. The lowest BCUT2D eigenvalue weighted by atomic mass is 10.0. The predicted octanol–water partition coefficient (Wildman–Crippen LogP) is 3.93. The zero-order valence-corrected chi connectivity index (χ0v) is 14.5. The van der Waals surface area contributed by atoms with Crippen LogP contribution in [0.25, 0.3) is 10.9 Å². The molecule has 130 valence electrons. The second-order valence-corrected chi connectivity index (χ2v) is 6.62. The Bertz CT molecular complexity index is 895. The quantitative estimate of drug-likeness (QED) is 0.784. The fourth-order valence-electron chi connectivity index (χ4n) is 3.84. The number of nitrogens with zero attached hydrogens (tertiary/aromatic N) is 1. The summed E-state index contributed by atoms with van der Waals surface area (Å²) in [5, 5.41) is 1.18. The molecule has 25 heavy (non-hydrogen) atoms. The standard InChI is InChI=1S/C20H22N2O3/c1-13-16(17-12-15(24-2)7-8-18(17)21-13)11-14-5-3-9-22(14)20(23)19-6-4-10-25-19/h4,6-8,10,12,14,21H,3,5,9,11H2,1-2H3. The predicted molar refractivity (Wildman–Crippen MR) is 96.1 cm³/mol. The number of aromatic amines is 1. The molecule has 1 aromatic carbocycles. The third kappa shape index (κ3) is 2.80. The number of rotatable bonds is 4. The number of furan rings is 1. The normalized spacial score (nSPS) is 17.4. The van der Waals surface area contributed by atoms with E-state index in [9.17, 15) is 4.79 Å². The molecule has 5 heteroatoms. The molecule has 1 atom stereocenters. The summed E-state index contributed by atoms with van der Waals surface area (Å²) < 4.78 is 10.7. The SMILES string of the molecule is COc1ccc2[nH]c(C)c(CC3CCCN3C(=O)c3ccco3)c2c1. The highest BCUT2D eigenvalue weighted by Gasteiger charge is 2.31. The van der Waals surface area contributed by atoms with Crippen molar-refractivity contribution in [3.05, 3.63) is 53.6 Å². The van der Waals surface area contributed by atoms with Crippen LogP contribution < -0.4 is 4.74 Å². The lowest BCUT2D eigenvalue weighted by Crippen LogP contribution is -2.36. The maximum absolute atomic E-state index is 12.7. The van der Waals surface area contributed by atoms with Crippen molar-refractivity contribution < 1.29 is 13.9 Å². The van der Waals surface area contributed by atoms with Gasteiger partial charge in [0.1, 0.15) is 5.75 Å². The van der Waals surface area contributed by atoms with Crippen LogP contribution in [0.1, 0.15) is 34.7 Å². The number of likely N-dealkylation sites (tertiary alicyclic amines) is 1. The average molecular weight is 338 g/mol. The van der Waals surface area contributed by atoms with Crippen molar-refractivity contribution in [1.82, 2.24) is 9.88 Å².